The van der Waals surface area contributed by atoms with Crippen molar-refractivity contribution in [3.8, 4) is 0 Å². The van der Waals surface area contributed by atoms with E-state index in [1.54, 1.807) is 11.0 Å². The third-order valence-electron chi connectivity index (χ3n) is 5.33. The molecule has 2 fully saturated rings. The Morgan fingerprint density at radius 3 is 2.95 bits per heavy atom. The fraction of sp³-hybridized carbons (Fsp3) is 0.667. The molecule has 0 amide bonds. The van der Waals surface area contributed by atoms with Crippen molar-refractivity contribution in [2.24, 2.45) is 24.8 Å². The molecule has 106 valence electrons. The van der Waals surface area contributed by atoms with Gasteiger partial charge < -0.3 is 5.32 Å². The zero-order chi connectivity index (χ0) is 13.7. The maximum Gasteiger partial charge on any atom is 0.163 e. The number of hydrogen-bond donors (Lipinski definition) is 1. The van der Waals surface area contributed by atoms with Gasteiger partial charge in [0.2, 0.25) is 0 Å². The number of anilines is 1. The molecule has 5 heteroatoms. The first-order valence-electron chi connectivity index (χ1n) is 7.61. The van der Waals surface area contributed by atoms with Crippen molar-refractivity contribution in [1.82, 2.24) is 19.7 Å². The van der Waals surface area contributed by atoms with Crippen LogP contribution in [0.1, 0.15) is 32.6 Å². The zero-order valence-corrected chi connectivity index (χ0v) is 12.1. The predicted octanol–water partition coefficient (Wildman–Crippen LogP) is 2.60. The Balaban J connectivity index is 1.58. The van der Waals surface area contributed by atoms with Crippen molar-refractivity contribution >= 4 is 16.9 Å². The first-order chi connectivity index (χ1) is 9.72. The number of nitrogens with zero attached hydrogens (tertiary/aromatic N) is 4. The second-order valence-corrected chi connectivity index (χ2v) is 6.50. The Hall–Kier alpha value is -1.65. The van der Waals surface area contributed by atoms with Crippen LogP contribution in [0.3, 0.4) is 0 Å². The first kappa shape index (κ1) is 12.1. The second-order valence-electron chi connectivity index (χ2n) is 6.50. The smallest absolute Gasteiger partial charge is 0.163 e. The molecule has 0 saturated heterocycles. The van der Waals surface area contributed by atoms with Gasteiger partial charge in [0, 0.05) is 13.1 Å². The molecule has 4 rings (SSSR count). The van der Waals surface area contributed by atoms with Crippen LogP contribution < -0.4 is 5.32 Å². The molecule has 2 aliphatic carbocycles. The van der Waals surface area contributed by atoms with Gasteiger partial charge in [-0.15, -0.1) is 0 Å². The predicted molar refractivity (Wildman–Crippen MR) is 78.3 cm³/mol. The molecule has 0 unspecified atom stereocenters. The summed E-state index contributed by atoms with van der Waals surface area (Å²) in [7, 11) is 1.92. The van der Waals surface area contributed by atoms with Crippen LogP contribution in [0, 0.1) is 17.8 Å². The zero-order valence-electron chi connectivity index (χ0n) is 12.1. The maximum absolute atomic E-state index is 4.42. The minimum atomic E-state index is 0.476. The lowest BCUT2D eigenvalue weighted by atomic mass is 9.84. The van der Waals surface area contributed by atoms with Crippen molar-refractivity contribution in [3.05, 3.63) is 12.5 Å². The monoisotopic (exact) mass is 271 g/mol. The van der Waals surface area contributed by atoms with E-state index < -0.39 is 0 Å². The fourth-order valence-corrected chi connectivity index (χ4v) is 4.31. The summed E-state index contributed by atoms with van der Waals surface area (Å²) in [5.41, 5.74) is 0.891. The van der Waals surface area contributed by atoms with Gasteiger partial charge in [0.1, 0.15) is 12.1 Å². The molecule has 4 atom stereocenters. The summed E-state index contributed by atoms with van der Waals surface area (Å²) in [6, 6.07) is 0.476. The van der Waals surface area contributed by atoms with E-state index in [2.05, 4.69) is 27.3 Å². The molecule has 0 aromatic carbocycles. The van der Waals surface area contributed by atoms with Crippen LogP contribution >= 0.6 is 0 Å². The van der Waals surface area contributed by atoms with Crippen LogP contribution in [-0.4, -0.2) is 25.8 Å². The van der Waals surface area contributed by atoms with E-state index in [1.165, 1.54) is 25.7 Å². The van der Waals surface area contributed by atoms with Crippen LogP contribution in [-0.2, 0) is 7.05 Å². The summed E-state index contributed by atoms with van der Waals surface area (Å²) in [6.07, 6.45) is 9.19. The molecule has 2 aliphatic rings. The van der Waals surface area contributed by atoms with Gasteiger partial charge >= 0.3 is 0 Å². The topological polar surface area (TPSA) is 55.6 Å². The SMILES string of the molecule is C[C@H](Nc1ncnc2c1cnn2C)[C@H]1C[C@@H]2CC[C@@H]1C2. The third kappa shape index (κ3) is 1.79. The molecule has 2 aromatic rings. The average molecular weight is 271 g/mol. The van der Waals surface area contributed by atoms with Gasteiger partial charge in [-0.1, -0.05) is 6.42 Å². The standard InChI is InChI=1S/C15H21N5/c1-9(12-6-10-3-4-11(12)5-10)19-14-13-7-18-20(2)15(13)17-8-16-14/h7-12H,3-6H2,1-2H3,(H,16,17,19)/t9-,10+,11+,12+/m0/s1. The van der Waals surface area contributed by atoms with E-state index in [0.29, 0.717) is 6.04 Å². The summed E-state index contributed by atoms with van der Waals surface area (Å²) in [6.45, 7) is 2.30. The Labute approximate surface area is 118 Å². The number of aryl methyl sites for hydroxylation is 1. The summed E-state index contributed by atoms with van der Waals surface area (Å²) >= 11 is 0. The molecular formula is C15H21N5. The summed E-state index contributed by atoms with van der Waals surface area (Å²) in [4.78, 5) is 8.71. The van der Waals surface area contributed by atoms with Gasteiger partial charge in [0.15, 0.2) is 5.65 Å². The van der Waals surface area contributed by atoms with Crippen LogP contribution in [0.25, 0.3) is 11.0 Å². The number of rotatable bonds is 3. The van der Waals surface area contributed by atoms with Crippen LogP contribution in [0.4, 0.5) is 5.82 Å². The second kappa shape index (κ2) is 4.43. The first-order valence-corrected chi connectivity index (χ1v) is 7.61. The Morgan fingerprint density at radius 2 is 2.20 bits per heavy atom. The lowest BCUT2D eigenvalue weighted by Crippen LogP contribution is -2.30. The highest BCUT2D eigenvalue weighted by Crippen LogP contribution is 2.49. The molecule has 2 bridgehead atoms. The molecule has 2 aromatic heterocycles. The van der Waals surface area contributed by atoms with Gasteiger partial charge in [-0.25, -0.2) is 9.97 Å². The normalized spacial score (nSPS) is 30.0. The van der Waals surface area contributed by atoms with Gasteiger partial charge in [0.25, 0.3) is 0 Å². The molecule has 0 spiro atoms. The minimum Gasteiger partial charge on any atom is -0.367 e. The molecular weight excluding hydrogens is 250 g/mol. The molecule has 20 heavy (non-hydrogen) atoms. The van der Waals surface area contributed by atoms with E-state index in [1.807, 2.05) is 13.2 Å². The molecule has 0 radical (unpaired) electrons. The number of fused-ring (bicyclic) bond motifs is 3. The Bertz CT molecular complexity index is 634. The van der Waals surface area contributed by atoms with E-state index in [0.717, 1.165) is 34.6 Å². The lowest BCUT2D eigenvalue weighted by Gasteiger charge is -2.29. The van der Waals surface area contributed by atoms with Crippen molar-refractivity contribution in [3.63, 3.8) is 0 Å². The van der Waals surface area contributed by atoms with E-state index >= 15 is 0 Å². The van der Waals surface area contributed by atoms with Crippen molar-refractivity contribution in [2.45, 2.75) is 38.6 Å². The number of hydrogen-bond acceptors (Lipinski definition) is 4. The minimum absolute atomic E-state index is 0.476. The van der Waals surface area contributed by atoms with Gasteiger partial charge in [-0.3, -0.25) is 4.68 Å². The molecule has 1 N–H and O–H groups in total. The van der Waals surface area contributed by atoms with Gasteiger partial charge in [-0.05, 0) is 43.9 Å². The highest BCUT2D eigenvalue weighted by Gasteiger charge is 2.41. The van der Waals surface area contributed by atoms with Crippen molar-refractivity contribution in [2.75, 3.05) is 5.32 Å². The number of nitrogens with one attached hydrogen (secondary N) is 1. The van der Waals surface area contributed by atoms with Gasteiger partial charge in [-0.2, -0.15) is 5.10 Å². The average Bonchev–Trinajstić information content (AvgIpc) is 3.15. The van der Waals surface area contributed by atoms with E-state index in [4.69, 9.17) is 0 Å². The van der Waals surface area contributed by atoms with Gasteiger partial charge in [0.05, 0.1) is 11.6 Å². The van der Waals surface area contributed by atoms with E-state index in [-0.39, 0.29) is 0 Å². The van der Waals surface area contributed by atoms with Crippen LogP contribution in [0.2, 0.25) is 0 Å². The number of aromatic nitrogens is 4. The Kier molecular flexibility index (Phi) is 2.69. The largest absolute Gasteiger partial charge is 0.367 e. The highest BCUT2D eigenvalue weighted by atomic mass is 15.3. The summed E-state index contributed by atoms with van der Waals surface area (Å²) in [5, 5.41) is 8.91. The molecule has 2 heterocycles. The van der Waals surface area contributed by atoms with Crippen LogP contribution in [0.15, 0.2) is 12.5 Å². The van der Waals surface area contributed by atoms with Crippen molar-refractivity contribution < 1.29 is 0 Å². The van der Waals surface area contributed by atoms with Crippen molar-refractivity contribution in [1.29, 1.82) is 0 Å². The van der Waals surface area contributed by atoms with Crippen LogP contribution in [0.5, 0.6) is 0 Å². The third-order valence-corrected chi connectivity index (χ3v) is 5.33. The molecule has 2 saturated carbocycles. The lowest BCUT2D eigenvalue weighted by molar-refractivity contribution is 0.304. The maximum atomic E-state index is 4.42. The summed E-state index contributed by atoms with van der Waals surface area (Å²) in [5.74, 6) is 3.64. The Morgan fingerprint density at radius 1 is 1.30 bits per heavy atom. The summed E-state index contributed by atoms with van der Waals surface area (Å²) < 4.78 is 1.80. The van der Waals surface area contributed by atoms with E-state index in [9.17, 15) is 0 Å². The fourth-order valence-electron chi connectivity index (χ4n) is 4.31. The highest BCUT2D eigenvalue weighted by molar-refractivity contribution is 5.86. The molecule has 0 aliphatic heterocycles. The molecule has 5 nitrogen and oxygen atoms in total. The quantitative estimate of drug-likeness (QED) is 0.932.